The van der Waals surface area contributed by atoms with Crippen LogP contribution < -0.4 is 0 Å². The van der Waals surface area contributed by atoms with E-state index >= 15 is 0 Å². The van der Waals surface area contributed by atoms with Crippen LogP contribution in [-0.2, 0) is 0 Å². The van der Waals surface area contributed by atoms with Crippen LogP contribution in [-0.4, -0.2) is 4.98 Å². The van der Waals surface area contributed by atoms with E-state index in [-0.39, 0.29) is 11.6 Å². The summed E-state index contributed by atoms with van der Waals surface area (Å²) in [5.74, 6) is -0.461. The van der Waals surface area contributed by atoms with Crippen molar-refractivity contribution in [2.75, 3.05) is 0 Å². The SMILES string of the molecule is Cc1cc(-c2ccc3cc(F)c(C)cc3n2)ccc1F. The molecule has 20 heavy (non-hydrogen) atoms. The number of benzene rings is 2. The molecule has 0 aliphatic rings. The second-order valence-electron chi connectivity index (χ2n) is 4.95. The van der Waals surface area contributed by atoms with E-state index in [9.17, 15) is 8.78 Å². The average molecular weight is 269 g/mol. The predicted octanol–water partition coefficient (Wildman–Crippen LogP) is 4.80. The van der Waals surface area contributed by atoms with E-state index in [1.165, 1.54) is 12.1 Å². The van der Waals surface area contributed by atoms with Gasteiger partial charge in [0.1, 0.15) is 11.6 Å². The number of hydrogen-bond acceptors (Lipinski definition) is 1. The fraction of sp³-hybridized carbons (Fsp3) is 0.118. The molecule has 0 bridgehead atoms. The van der Waals surface area contributed by atoms with Gasteiger partial charge in [-0.15, -0.1) is 0 Å². The summed E-state index contributed by atoms with van der Waals surface area (Å²) in [6.45, 7) is 3.44. The minimum Gasteiger partial charge on any atom is -0.248 e. The van der Waals surface area contributed by atoms with Crippen molar-refractivity contribution in [3.63, 3.8) is 0 Å². The van der Waals surface area contributed by atoms with Crippen molar-refractivity contribution in [2.24, 2.45) is 0 Å². The molecule has 1 nitrogen and oxygen atoms in total. The van der Waals surface area contributed by atoms with Gasteiger partial charge in [0.2, 0.25) is 0 Å². The summed E-state index contributed by atoms with van der Waals surface area (Å²) in [6.07, 6.45) is 0. The predicted molar refractivity (Wildman–Crippen MR) is 76.6 cm³/mol. The molecule has 2 aromatic carbocycles. The van der Waals surface area contributed by atoms with E-state index in [0.717, 1.165) is 22.2 Å². The first-order chi connectivity index (χ1) is 9.54. The topological polar surface area (TPSA) is 12.9 Å². The van der Waals surface area contributed by atoms with Crippen LogP contribution in [0.3, 0.4) is 0 Å². The van der Waals surface area contributed by atoms with Gasteiger partial charge in [-0.1, -0.05) is 6.07 Å². The Bertz CT molecular complexity index is 809. The first kappa shape index (κ1) is 12.7. The molecule has 3 aromatic rings. The van der Waals surface area contributed by atoms with Crippen LogP contribution in [0.5, 0.6) is 0 Å². The molecule has 0 aliphatic heterocycles. The molecule has 100 valence electrons. The van der Waals surface area contributed by atoms with Crippen LogP contribution in [0.2, 0.25) is 0 Å². The van der Waals surface area contributed by atoms with Gasteiger partial charge in [-0.05, 0) is 61.4 Å². The molecule has 0 spiro atoms. The summed E-state index contributed by atoms with van der Waals surface area (Å²) < 4.78 is 26.8. The third-order valence-corrected chi connectivity index (χ3v) is 3.42. The Morgan fingerprint density at radius 3 is 2.30 bits per heavy atom. The summed E-state index contributed by atoms with van der Waals surface area (Å²) in [6, 6.07) is 11.8. The number of aryl methyl sites for hydroxylation is 2. The molecule has 3 heteroatoms. The Hall–Kier alpha value is -2.29. The minimum absolute atomic E-state index is 0.229. The highest BCUT2D eigenvalue weighted by Crippen LogP contribution is 2.24. The Balaban J connectivity index is 2.17. The summed E-state index contributed by atoms with van der Waals surface area (Å²) in [5.41, 5.74) is 3.50. The number of hydrogen-bond donors (Lipinski definition) is 0. The maximum atomic E-state index is 13.5. The number of fused-ring (bicyclic) bond motifs is 1. The van der Waals surface area contributed by atoms with Crippen LogP contribution in [0.1, 0.15) is 11.1 Å². The number of aromatic nitrogens is 1. The fourth-order valence-electron chi connectivity index (χ4n) is 2.21. The van der Waals surface area contributed by atoms with Gasteiger partial charge in [0.15, 0.2) is 0 Å². The van der Waals surface area contributed by atoms with E-state index in [1.807, 2.05) is 12.1 Å². The molecule has 0 fully saturated rings. The molecule has 1 aromatic heterocycles. The van der Waals surface area contributed by atoms with Gasteiger partial charge in [0, 0.05) is 10.9 Å². The Kier molecular flexibility index (Phi) is 2.97. The van der Waals surface area contributed by atoms with Crippen LogP contribution >= 0.6 is 0 Å². The van der Waals surface area contributed by atoms with Gasteiger partial charge in [-0.2, -0.15) is 0 Å². The van der Waals surface area contributed by atoms with E-state index in [2.05, 4.69) is 4.98 Å². The lowest BCUT2D eigenvalue weighted by molar-refractivity contribution is 0.618. The molecule has 0 saturated carbocycles. The van der Waals surface area contributed by atoms with E-state index in [4.69, 9.17) is 0 Å². The fourth-order valence-corrected chi connectivity index (χ4v) is 2.21. The van der Waals surface area contributed by atoms with E-state index in [0.29, 0.717) is 11.1 Å². The molecular weight excluding hydrogens is 256 g/mol. The molecule has 0 amide bonds. The Labute approximate surface area is 115 Å². The van der Waals surface area contributed by atoms with Crippen LogP contribution in [0.4, 0.5) is 8.78 Å². The normalized spacial score (nSPS) is 11.0. The first-order valence-electron chi connectivity index (χ1n) is 6.38. The third-order valence-electron chi connectivity index (χ3n) is 3.42. The molecule has 0 saturated heterocycles. The highest BCUT2D eigenvalue weighted by molar-refractivity contribution is 5.82. The summed E-state index contributed by atoms with van der Waals surface area (Å²) in [4.78, 5) is 4.53. The molecule has 1 heterocycles. The molecule has 0 unspecified atom stereocenters. The van der Waals surface area contributed by atoms with Crippen molar-refractivity contribution < 1.29 is 8.78 Å². The Morgan fingerprint density at radius 1 is 0.800 bits per heavy atom. The largest absolute Gasteiger partial charge is 0.248 e. The Morgan fingerprint density at radius 2 is 1.55 bits per heavy atom. The average Bonchev–Trinajstić information content (AvgIpc) is 2.43. The van der Waals surface area contributed by atoms with Crippen molar-refractivity contribution in [1.82, 2.24) is 4.98 Å². The highest BCUT2D eigenvalue weighted by atomic mass is 19.1. The van der Waals surface area contributed by atoms with Crippen molar-refractivity contribution >= 4 is 10.9 Å². The second-order valence-corrected chi connectivity index (χ2v) is 4.95. The highest BCUT2D eigenvalue weighted by Gasteiger charge is 2.06. The van der Waals surface area contributed by atoms with Crippen LogP contribution in [0, 0.1) is 25.5 Å². The molecule has 0 aliphatic carbocycles. The van der Waals surface area contributed by atoms with E-state index in [1.54, 1.807) is 32.0 Å². The third kappa shape index (κ3) is 2.16. The monoisotopic (exact) mass is 269 g/mol. The summed E-state index contributed by atoms with van der Waals surface area (Å²) in [5, 5.41) is 0.760. The molecule has 0 radical (unpaired) electrons. The van der Waals surface area contributed by atoms with Gasteiger partial charge >= 0.3 is 0 Å². The van der Waals surface area contributed by atoms with Crippen LogP contribution in [0.15, 0.2) is 42.5 Å². The number of nitrogens with zero attached hydrogens (tertiary/aromatic N) is 1. The summed E-state index contributed by atoms with van der Waals surface area (Å²) >= 11 is 0. The zero-order valence-electron chi connectivity index (χ0n) is 11.2. The molecular formula is C17H13F2N. The maximum Gasteiger partial charge on any atom is 0.126 e. The number of halogens is 2. The van der Waals surface area contributed by atoms with Gasteiger partial charge in [-0.3, -0.25) is 0 Å². The first-order valence-corrected chi connectivity index (χ1v) is 6.38. The van der Waals surface area contributed by atoms with Crippen LogP contribution in [0.25, 0.3) is 22.2 Å². The lowest BCUT2D eigenvalue weighted by Crippen LogP contribution is -1.90. The zero-order valence-corrected chi connectivity index (χ0v) is 11.2. The zero-order chi connectivity index (χ0) is 14.3. The smallest absolute Gasteiger partial charge is 0.126 e. The summed E-state index contributed by atoms with van der Waals surface area (Å²) in [7, 11) is 0. The maximum absolute atomic E-state index is 13.5. The minimum atomic E-state index is -0.232. The van der Waals surface area contributed by atoms with Crippen molar-refractivity contribution in [3.05, 3.63) is 65.2 Å². The molecule has 3 rings (SSSR count). The quantitative estimate of drug-likeness (QED) is 0.618. The van der Waals surface area contributed by atoms with Crippen molar-refractivity contribution in [1.29, 1.82) is 0 Å². The van der Waals surface area contributed by atoms with Gasteiger partial charge < -0.3 is 0 Å². The lowest BCUT2D eigenvalue weighted by Gasteiger charge is -2.06. The molecule has 0 N–H and O–H groups in total. The van der Waals surface area contributed by atoms with E-state index < -0.39 is 0 Å². The number of rotatable bonds is 1. The van der Waals surface area contributed by atoms with Crippen molar-refractivity contribution in [3.8, 4) is 11.3 Å². The molecule has 0 atom stereocenters. The van der Waals surface area contributed by atoms with Gasteiger partial charge in [0.25, 0.3) is 0 Å². The standard InChI is InChI=1S/C17H13F2N/c1-10-7-12(3-5-14(10)18)16-6-4-13-9-15(19)11(2)8-17(13)20-16/h3-9H,1-2H3. The number of pyridine rings is 1. The van der Waals surface area contributed by atoms with Gasteiger partial charge in [-0.25, -0.2) is 13.8 Å². The lowest BCUT2D eigenvalue weighted by atomic mass is 10.1. The second kappa shape index (κ2) is 4.67. The van der Waals surface area contributed by atoms with Gasteiger partial charge in [0.05, 0.1) is 11.2 Å². The van der Waals surface area contributed by atoms with Crippen molar-refractivity contribution in [2.45, 2.75) is 13.8 Å².